The first-order valence-corrected chi connectivity index (χ1v) is 9.12. The van der Waals surface area contributed by atoms with E-state index in [0.29, 0.717) is 25.4 Å². The molecule has 5 nitrogen and oxygen atoms in total. The summed E-state index contributed by atoms with van der Waals surface area (Å²) in [6.45, 7) is 0.722. The zero-order valence-corrected chi connectivity index (χ0v) is 15.0. The molecule has 3 N–H and O–H groups in total. The molecular formula is C21H24FNO4. The van der Waals surface area contributed by atoms with Crippen LogP contribution in [-0.4, -0.2) is 34.9 Å². The normalized spacial score (nSPS) is 22.2. The van der Waals surface area contributed by atoms with Crippen molar-refractivity contribution in [1.82, 2.24) is 5.32 Å². The van der Waals surface area contributed by atoms with Gasteiger partial charge in [-0.25, -0.2) is 4.39 Å². The third-order valence-corrected chi connectivity index (χ3v) is 5.05. The maximum Gasteiger partial charge on any atom is 0.251 e. The number of para-hydroxylation sites is 1. The Morgan fingerprint density at radius 1 is 1.19 bits per heavy atom. The molecule has 0 aromatic heterocycles. The van der Waals surface area contributed by atoms with Crippen molar-refractivity contribution in [3.63, 3.8) is 0 Å². The van der Waals surface area contributed by atoms with E-state index in [-0.39, 0.29) is 12.1 Å². The number of nitrogens with one attached hydrogen (secondary N) is 1. The molecule has 1 amide bonds. The molecule has 1 fully saturated rings. The first-order chi connectivity index (χ1) is 13.0. The quantitative estimate of drug-likeness (QED) is 0.726. The minimum absolute atomic E-state index is 0.110. The highest BCUT2D eigenvalue weighted by atomic mass is 19.1. The summed E-state index contributed by atoms with van der Waals surface area (Å²) in [4.78, 5) is 12.1. The molecule has 0 saturated heterocycles. The largest absolute Gasteiger partial charge is 0.505 e. The summed E-state index contributed by atoms with van der Waals surface area (Å²) in [7, 11) is 0. The van der Waals surface area contributed by atoms with Crippen LogP contribution in [0, 0.1) is 11.7 Å². The molecule has 0 heterocycles. The topological polar surface area (TPSA) is 78.8 Å². The maximum atomic E-state index is 13.4. The number of phenolic OH excluding ortho intramolecular Hbond substituents is 1. The van der Waals surface area contributed by atoms with Crippen molar-refractivity contribution in [2.45, 2.75) is 31.3 Å². The lowest BCUT2D eigenvalue weighted by Crippen LogP contribution is -2.45. The Morgan fingerprint density at radius 2 is 1.89 bits per heavy atom. The van der Waals surface area contributed by atoms with Crippen molar-refractivity contribution in [3.05, 3.63) is 59.9 Å². The fourth-order valence-corrected chi connectivity index (χ4v) is 3.28. The van der Waals surface area contributed by atoms with Gasteiger partial charge in [0.15, 0.2) is 11.6 Å². The predicted octanol–water partition coefficient (Wildman–Crippen LogP) is 3.26. The Balaban J connectivity index is 1.44. The van der Waals surface area contributed by atoms with E-state index in [1.807, 2.05) is 30.3 Å². The fourth-order valence-electron chi connectivity index (χ4n) is 3.28. The minimum Gasteiger partial charge on any atom is -0.505 e. The van der Waals surface area contributed by atoms with Crippen LogP contribution in [0.2, 0.25) is 0 Å². The molecule has 144 valence electrons. The van der Waals surface area contributed by atoms with E-state index >= 15 is 0 Å². The molecule has 0 unspecified atom stereocenters. The number of hydrogen-bond donors (Lipinski definition) is 3. The molecular weight excluding hydrogens is 349 g/mol. The number of benzene rings is 2. The van der Waals surface area contributed by atoms with Crippen LogP contribution in [-0.2, 0) is 0 Å². The van der Waals surface area contributed by atoms with Gasteiger partial charge < -0.3 is 20.3 Å². The van der Waals surface area contributed by atoms with Gasteiger partial charge in [-0.3, -0.25) is 4.79 Å². The van der Waals surface area contributed by atoms with Crippen molar-refractivity contribution in [2.75, 3.05) is 13.2 Å². The Labute approximate surface area is 157 Å². The van der Waals surface area contributed by atoms with Gasteiger partial charge in [-0.05, 0) is 61.9 Å². The third kappa shape index (κ3) is 5.20. The van der Waals surface area contributed by atoms with Crippen LogP contribution in [0.1, 0.15) is 36.0 Å². The standard InChI is InChI=1S/C21H24FNO4/c22-18-12-16(6-7-19(18)24)20(25)23-14-21(26)10-8-15(9-11-21)13-27-17-4-2-1-3-5-17/h1-7,12,15,24,26H,8-11,13-14H2,(H,23,25)/t15-,21+. The SMILES string of the molecule is O=C(NC[C@]1(O)CC[C@@H](COc2ccccc2)CC1)c1ccc(O)c(F)c1. The number of ether oxygens (including phenoxy) is 1. The van der Waals surface area contributed by atoms with Crippen molar-refractivity contribution >= 4 is 5.91 Å². The molecule has 1 aliphatic rings. The van der Waals surface area contributed by atoms with E-state index in [4.69, 9.17) is 4.74 Å². The highest BCUT2D eigenvalue weighted by Crippen LogP contribution is 2.32. The summed E-state index contributed by atoms with van der Waals surface area (Å²) in [5.41, 5.74) is -0.854. The second kappa shape index (κ2) is 8.39. The van der Waals surface area contributed by atoms with Gasteiger partial charge in [0, 0.05) is 12.1 Å². The van der Waals surface area contributed by atoms with Gasteiger partial charge in [0.1, 0.15) is 5.75 Å². The zero-order valence-electron chi connectivity index (χ0n) is 15.0. The van der Waals surface area contributed by atoms with Crippen molar-refractivity contribution < 1.29 is 24.1 Å². The molecule has 6 heteroatoms. The summed E-state index contributed by atoms with van der Waals surface area (Å²) in [6, 6.07) is 13.1. The lowest BCUT2D eigenvalue weighted by atomic mass is 9.79. The number of halogens is 1. The first kappa shape index (κ1) is 19.2. The number of amides is 1. The van der Waals surface area contributed by atoms with Gasteiger partial charge in [0.25, 0.3) is 5.91 Å². The number of hydrogen-bond acceptors (Lipinski definition) is 4. The predicted molar refractivity (Wildman–Crippen MR) is 99.2 cm³/mol. The molecule has 0 bridgehead atoms. The van der Waals surface area contributed by atoms with Gasteiger partial charge in [0.2, 0.25) is 0 Å². The molecule has 0 atom stereocenters. The van der Waals surface area contributed by atoms with Crippen molar-refractivity contribution in [1.29, 1.82) is 0 Å². The smallest absolute Gasteiger partial charge is 0.251 e. The molecule has 1 aliphatic carbocycles. The molecule has 2 aromatic carbocycles. The fraction of sp³-hybridized carbons (Fsp3) is 0.381. The monoisotopic (exact) mass is 373 g/mol. The van der Waals surface area contributed by atoms with Crippen LogP contribution in [0.4, 0.5) is 4.39 Å². The average molecular weight is 373 g/mol. The van der Waals surface area contributed by atoms with Gasteiger partial charge in [0.05, 0.1) is 12.2 Å². The minimum atomic E-state index is -0.964. The zero-order chi connectivity index (χ0) is 19.3. The highest BCUT2D eigenvalue weighted by Gasteiger charge is 2.33. The van der Waals surface area contributed by atoms with E-state index in [0.717, 1.165) is 30.7 Å². The van der Waals surface area contributed by atoms with E-state index in [1.165, 1.54) is 6.07 Å². The molecule has 0 radical (unpaired) electrons. The summed E-state index contributed by atoms with van der Waals surface area (Å²) in [5, 5.41) is 22.5. The van der Waals surface area contributed by atoms with E-state index in [1.54, 1.807) is 0 Å². The maximum absolute atomic E-state index is 13.4. The van der Waals surface area contributed by atoms with Crippen LogP contribution < -0.4 is 10.1 Å². The second-order valence-electron chi connectivity index (χ2n) is 7.14. The van der Waals surface area contributed by atoms with Gasteiger partial charge in [-0.1, -0.05) is 18.2 Å². The van der Waals surface area contributed by atoms with E-state index < -0.39 is 23.1 Å². The number of phenols is 1. The van der Waals surface area contributed by atoms with Crippen LogP contribution in [0.3, 0.4) is 0 Å². The van der Waals surface area contributed by atoms with Crippen LogP contribution in [0.15, 0.2) is 48.5 Å². The third-order valence-electron chi connectivity index (χ3n) is 5.05. The van der Waals surface area contributed by atoms with Crippen molar-refractivity contribution in [3.8, 4) is 11.5 Å². The Bertz CT molecular complexity index is 773. The molecule has 0 aliphatic heterocycles. The summed E-state index contributed by atoms with van der Waals surface area (Å²) in [5.74, 6) is -0.613. The molecule has 2 aromatic rings. The molecule has 27 heavy (non-hydrogen) atoms. The molecule has 3 rings (SSSR count). The van der Waals surface area contributed by atoms with Crippen LogP contribution >= 0.6 is 0 Å². The number of carbonyl (C=O) groups is 1. The number of rotatable bonds is 6. The van der Waals surface area contributed by atoms with E-state index in [9.17, 15) is 19.4 Å². The number of aliphatic hydroxyl groups is 1. The van der Waals surface area contributed by atoms with Crippen molar-refractivity contribution in [2.24, 2.45) is 5.92 Å². The lowest BCUT2D eigenvalue weighted by Gasteiger charge is -2.36. The Morgan fingerprint density at radius 3 is 2.56 bits per heavy atom. The van der Waals surface area contributed by atoms with Crippen LogP contribution in [0.25, 0.3) is 0 Å². The van der Waals surface area contributed by atoms with Crippen LogP contribution in [0.5, 0.6) is 11.5 Å². The lowest BCUT2D eigenvalue weighted by molar-refractivity contribution is -0.0129. The van der Waals surface area contributed by atoms with Gasteiger partial charge in [-0.2, -0.15) is 0 Å². The number of aromatic hydroxyl groups is 1. The summed E-state index contributed by atoms with van der Waals surface area (Å²) in [6.07, 6.45) is 2.76. The van der Waals surface area contributed by atoms with Gasteiger partial charge in [-0.15, -0.1) is 0 Å². The second-order valence-corrected chi connectivity index (χ2v) is 7.14. The average Bonchev–Trinajstić information content (AvgIpc) is 2.69. The Hall–Kier alpha value is -2.60. The van der Waals surface area contributed by atoms with E-state index in [2.05, 4.69) is 5.32 Å². The first-order valence-electron chi connectivity index (χ1n) is 9.12. The highest BCUT2D eigenvalue weighted by molar-refractivity contribution is 5.94. The molecule has 1 saturated carbocycles. The Kier molecular flexibility index (Phi) is 5.96. The summed E-state index contributed by atoms with van der Waals surface area (Å²) < 4.78 is 19.1. The van der Waals surface area contributed by atoms with Gasteiger partial charge >= 0.3 is 0 Å². The molecule has 0 spiro atoms. The summed E-state index contributed by atoms with van der Waals surface area (Å²) >= 11 is 0. The number of carbonyl (C=O) groups excluding carboxylic acids is 1.